The van der Waals surface area contributed by atoms with Crippen LogP contribution in [0.4, 0.5) is 11.5 Å². The van der Waals surface area contributed by atoms with Gasteiger partial charge in [0.15, 0.2) is 5.69 Å². The maximum atomic E-state index is 8.95. The molecule has 0 spiro atoms. The van der Waals surface area contributed by atoms with Crippen LogP contribution in [0.2, 0.25) is 0 Å². The monoisotopic (exact) mass is 244 g/mol. The normalized spacial score (nSPS) is 16.9. The van der Waals surface area contributed by atoms with E-state index in [4.69, 9.17) is 11.0 Å². The molecule has 0 radical (unpaired) electrons. The molecule has 1 saturated heterocycles. The van der Waals surface area contributed by atoms with E-state index in [-0.39, 0.29) is 0 Å². The summed E-state index contributed by atoms with van der Waals surface area (Å²) in [6, 6.07) is 5.72. The van der Waals surface area contributed by atoms with Crippen molar-refractivity contribution in [2.24, 2.45) is 11.8 Å². The van der Waals surface area contributed by atoms with Gasteiger partial charge in [-0.3, -0.25) is 0 Å². The molecule has 0 bridgehead atoms. The molecule has 0 aliphatic carbocycles. The summed E-state index contributed by atoms with van der Waals surface area (Å²) >= 11 is 0. The summed E-state index contributed by atoms with van der Waals surface area (Å²) in [5.41, 5.74) is 6.48. The highest BCUT2D eigenvalue weighted by atomic mass is 15.2. The standard InChI is InChI=1S/C14H20N4/c1-10(2)11-5-7-18(8-6-11)14-4-3-12(16)13(9-15)17-14/h3-4,10-11H,5-8,16H2,1-2H3. The Labute approximate surface area is 108 Å². The van der Waals surface area contributed by atoms with Crippen molar-refractivity contribution in [3.8, 4) is 6.07 Å². The Bertz CT molecular complexity index is 453. The Hall–Kier alpha value is -1.76. The first kappa shape index (κ1) is 12.7. The molecule has 4 heteroatoms. The Kier molecular flexibility index (Phi) is 3.71. The van der Waals surface area contributed by atoms with Gasteiger partial charge in [0, 0.05) is 13.1 Å². The molecule has 1 aliphatic rings. The number of nitriles is 1. The molecule has 0 amide bonds. The van der Waals surface area contributed by atoms with Gasteiger partial charge in [0.05, 0.1) is 5.69 Å². The predicted octanol–water partition coefficient (Wildman–Crippen LogP) is 2.41. The van der Waals surface area contributed by atoms with Crippen molar-refractivity contribution in [3.05, 3.63) is 17.8 Å². The minimum absolute atomic E-state index is 0.332. The van der Waals surface area contributed by atoms with E-state index >= 15 is 0 Å². The summed E-state index contributed by atoms with van der Waals surface area (Å²) in [4.78, 5) is 6.57. The zero-order valence-electron chi connectivity index (χ0n) is 11.1. The number of nitrogen functional groups attached to an aromatic ring is 1. The lowest BCUT2D eigenvalue weighted by Gasteiger charge is -2.34. The average molecular weight is 244 g/mol. The van der Waals surface area contributed by atoms with E-state index in [1.807, 2.05) is 12.1 Å². The second-order valence-corrected chi connectivity index (χ2v) is 5.29. The molecule has 2 heterocycles. The van der Waals surface area contributed by atoms with E-state index < -0.39 is 0 Å². The van der Waals surface area contributed by atoms with Crippen molar-refractivity contribution in [1.29, 1.82) is 5.26 Å². The Morgan fingerprint density at radius 3 is 2.61 bits per heavy atom. The van der Waals surface area contributed by atoms with Crippen LogP contribution >= 0.6 is 0 Å². The number of rotatable bonds is 2. The zero-order valence-corrected chi connectivity index (χ0v) is 11.1. The summed E-state index contributed by atoms with van der Waals surface area (Å²) in [5.74, 6) is 2.44. The number of anilines is 2. The lowest BCUT2D eigenvalue weighted by Crippen LogP contribution is -2.35. The maximum absolute atomic E-state index is 8.95. The lowest BCUT2D eigenvalue weighted by atomic mass is 9.87. The number of hydrogen-bond donors (Lipinski definition) is 1. The Morgan fingerprint density at radius 1 is 1.39 bits per heavy atom. The Morgan fingerprint density at radius 2 is 2.06 bits per heavy atom. The van der Waals surface area contributed by atoms with Gasteiger partial charge in [-0.1, -0.05) is 13.8 Å². The van der Waals surface area contributed by atoms with Crippen molar-refractivity contribution < 1.29 is 0 Å². The quantitative estimate of drug-likeness (QED) is 0.867. The van der Waals surface area contributed by atoms with E-state index in [1.54, 1.807) is 6.07 Å². The van der Waals surface area contributed by atoms with Gasteiger partial charge in [0.1, 0.15) is 11.9 Å². The molecule has 0 saturated carbocycles. The van der Waals surface area contributed by atoms with Crippen molar-refractivity contribution in [2.45, 2.75) is 26.7 Å². The summed E-state index contributed by atoms with van der Waals surface area (Å²) < 4.78 is 0. The molecule has 96 valence electrons. The van der Waals surface area contributed by atoms with Crippen molar-refractivity contribution in [1.82, 2.24) is 4.98 Å². The highest BCUT2D eigenvalue weighted by Gasteiger charge is 2.22. The molecule has 1 aliphatic heterocycles. The van der Waals surface area contributed by atoms with Crippen LogP contribution in [0.15, 0.2) is 12.1 Å². The topological polar surface area (TPSA) is 65.9 Å². The molecule has 4 nitrogen and oxygen atoms in total. The Balaban J connectivity index is 2.08. The average Bonchev–Trinajstić information content (AvgIpc) is 2.39. The van der Waals surface area contributed by atoms with Crippen molar-refractivity contribution in [2.75, 3.05) is 23.7 Å². The molecular weight excluding hydrogens is 224 g/mol. The molecule has 1 fully saturated rings. The fraction of sp³-hybridized carbons (Fsp3) is 0.571. The van der Waals surface area contributed by atoms with Crippen LogP contribution in [-0.4, -0.2) is 18.1 Å². The lowest BCUT2D eigenvalue weighted by molar-refractivity contribution is 0.310. The van der Waals surface area contributed by atoms with Crippen LogP contribution in [0.25, 0.3) is 0 Å². The number of aromatic nitrogens is 1. The second kappa shape index (κ2) is 5.26. The summed E-state index contributed by atoms with van der Waals surface area (Å²) in [6.07, 6.45) is 2.40. The van der Waals surface area contributed by atoms with Crippen LogP contribution in [0, 0.1) is 23.2 Å². The minimum atomic E-state index is 0.332. The smallest absolute Gasteiger partial charge is 0.165 e. The molecule has 1 aromatic rings. The number of pyridine rings is 1. The highest BCUT2D eigenvalue weighted by molar-refractivity contribution is 5.55. The van der Waals surface area contributed by atoms with Gasteiger partial charge in [0.25, 0.3) is 0 Å². The summed E-state index contributed by atoms with van der Waals surface area (Å²) in [6.45, 7) is 6.61. The summed E-state index contributed by atoms with van der Waals surface area (Å²) in [7, 11) is 0. The molecule has 1 aromatic heterocycles. The van der Waals surface area contributed by atoms with E-state index in [2.05, 4.69) is 23.7 Å². The van der Waals surface area contributed by atoms with Gasteiger partial charge in [-0.2, -0.15) is 5.26 Å². The summed E-state index contributed by atoms with van der Waals surface area (Å²) in [5, 5.41) is 8.95. The van der Waals surface area contributed by atoms with Crippen LogP contribution < -0.4 is 10.6 Å². The van der Waals surface area contributed by atoms with E-state index in [0.29, 0.717) is 11.4 Å². The van der Waals surface area contributed by atoms with E-state index in [9.17, 15) is 0 Å². The third-order valence-electron chi connectivity index (χ3n) is 3.82. The first-order valence-corrected chi connectivity index (χ1v) is 6.53. The van der Waals surface area contributed by atoms with Crippen LogP contribution in [0.1, 0.15) is 32.4 Å². The van der Waals surface area contributed by atoms with Gasteiger partial charge in [-0.05, 0) is 36.8 Å². The van der Waals surface area contributed by atoms with Gasteiger partial charge in [0.2, 0.25) is 0 Å². The zero-order chi connectivity index (χ0) is 13.1. The number of piperidine rings is 1. The third-order valence-corrected chi connectivity index (χ3v) is 3.82. The van der Waals surface area contributed by atoms with Crippen LogP contribution in [-0.2, 0) is 0 Å². The molecule has 0 atom stereocenters. The second-order valence-electron chi connectivity index (χ2n) is 5.29. The highest BCUT2D eigenvalue weighted by Crippen LogP contribution is 2.27. The molecule has 2 rings (SSSR count). The number of nitrogens with two attached hydrogens (primary N) is 1. The van der Waals surface area contributed by atoms with Gasteiger partial charge in [-0.15, -0.1) is 0 Å². The maximum Gasteiger partial charge on any atom is 0.165 e. The minimum Gasteiger partial charge on any atom is -0.396 e. The van der Waals surface area contributed by atoms with Crippen LogP contribution in [0.3, 0.4) is 0 Å². The molecular formula is C14H20N4. The predicted molar refractivity (Wildman–Crippen MR) is 73.1 cm³/mol. The van der Waals surface area contributed by atoms with Crippen molar-refractivity contribution >= 4 is 11.5 Å². The molecule has 2 N–H and O–H groups in total. The molecule has 0 unspecified atom stereocenters. The number of nitrogens with zero attached hydrogens (tertiary/aromatic N) is 3. The SMILES string of the molecule is CC(C)C1CCN(c2ccc(N)c(C#N)n2)CC1. The first-order valence-electron chi connectivity index (χ1n) is 6.53. The first-order chi connectivity index (χ1) is 8.61. The third kappa shape index (κ3) is 2.56. The van der Waals surface area contributed by atoms with Gasteiger partial charge < -0.3 is 10.6 Å². The molecule has 0 aromatic carbocycles. The fourth-order valence-electron chi connectivity index (χ4n) is 2.52. The molecule has 18 heavy (non-hydrogen) atoms. The van der Waals surface area contributed by atoms with Crippen LogP contribution in [0.5, 0.6) is 0 Å². The fourth-order valence-corrected chi connectivity index (χ4v) is 2.52. The van der Waals surface area contributed by atoms with E-state index in [1.165, 1.54) is 12.8 Å². The largest absolute Gasteiger partial charge is 0.396 e. The van der Waals surface area contributed by atoms with Gasteiger partial charge >= 0.3 is 0 Å². The van der Waals surface area contributed by atoms with Gasteiger partial charge in [-0.25, -0.2) is 4.98 Å². The number of hydrogen-bond acceptors (Lipinski definition) is 4. The van der Waals surface area contributed by atoms with E-state index in [0.717, 1.165) is 30.7 Å². The van der Waals surface area contributed by atoms with Crippen molar-refractivity contribution in [3.63, 3.8) is 0 Å².